The molecule has 1 aromatic heterocycles. The molecule has 0 radical (unpaired) electrons. The van der Waals surface area contributed by atoms with Crippen molar-refractivity contribution in [1.82, 2.24) is 9.13 Å². The summed E-state index contributed by atoms with van der Waals surface area (Å²) in [6.45, 7) is 6.08. The number of benzene rings is 3. The quantitative estimate of drug-likeness (QED) is 0.400. The lowest BCUT2D eigenvalue weighted by Crippen LogP contribution is -2.23. The SMILES string of the molecule is CCn1c(=O)n(CC)c2cc(S(=O)(=O)c3ccccc3)c(NC(=O)COc3ccc(C)cc3)cc21. The Labute approximate surface area is 203 Å². The minimum absolute atomic E-state index is 0.0876. The highest BCUT2D eigenvalue weighted by atomic mass is 32.2. The number of imidazole rings is 1. The largest absolute Gasteiger partial charge is 0.484 e. The summed E-state index contributed by atoms with van der Waals surface area (Å²) in [5.74, 6) is 0.00734. The maximum absolute atomic E-state index is 13.6. The zero-order valence-electron chi connectivity index (χ0n) is 19.8. The lowest BCUT2D eigenvalue weighted by atomic mass is 10.2. The average molecular weight is 494 g/mol. The number of rotatable bonds is 8. The number of fused-ring (bicyclic) bond motifs is 1. The first-order chi connectivity index (χ1) is 16.8. The molecule has 0 bridgehead atoms. The number of hydrogen-bond donors (Lipinski definition) is 1. The molecule has 1 amide bonds. The number of amides is 1. The molecule has 1 heterocycles. The zero-order chi connectivity index (χ0) is 25.2. The number of nitrogens with one attached hydrogen (secondary N) is 1. The maximum Gasteiger partial charge on any atom is 0.329 e. The predicted octanol–water partition coefficient (Wildman–Crippen LogP) is 4.00. The van der Waals surface area contributed by atoms with Crippen LogP contribution < -0.4 is 15.7 Å². The van der Waals surface area contributed by atoms with Crippen molar-refractivity contribution in [2.24, 2.45) is 0 Å². The second-order valence-electron chi connectivity index (χ2n) is 8.07. The van der Waals surface area contributed by atoms with Gasteiger partial charge in [-0.25, -0.2) is 13.2 Å². The molecule has 4 rings (SSSR count). The molecule has 0 saturated heterocycles. The van der Waals surface area contributed by atoms with Gasteiger partial charge in [-0.05, 0) is 57.2 Å². The molecule has 0 aliphatic rings. The number of hydrogen-bond acceptors (Lipinski definition) is 5. The van der Waals surface area contributed by atoms with E-state index in [-0.39, 0.29) is 27.8 Å². The molecule has 0 unspecified atom stereocenters. The Bertz CT molecular complexity index is 1540. The number of nitrogens with zero attached hydrogens (tertiary/aromatic N) is 2. The Kier molecular flexibility index (Phi) is 6.79. The Morgan fingerprint density at radius 3 is 2.11 bits per heavy atom. The first-order valence-electron chi connectivity index (χ1n) is 11.3. The van der Waals surface area contributed by atoms with Crippen LogP contribution in [0.5, 0.6) is 5.75 Å². The predicted molar refractivity (Wildman–Crippen MR) is 135 cm³/mol. The fraction of sp³-hybridized carbons (Fsp3) is 0.231. The topological polar surface area (TPSA) is 99.4 Å². The Morgan fingerprint density at radius 1 is 0.914 bits per heavy atom. The lowest BCUT2D eigenvalue weighted by molar-refractivity contribution is -0.118. The third kappa shape index (κ3) is 4.72. The van der Waals surface area contributed by atoms with Crippen molar-refractivity contribution < 1.29 is 17.9 Å². The molecule has 1 N–H and O–H groups in total. The number of aryl methyl sites for hydroxylation is 3. The van der Waals surface area contributed by atoms with Crippen LogP contribution in [0, 0.1) is 6.92 Å². The van der Waals surface area contributed by atoms with E-state index < -0.39 is 15.7 Å². The number of carbonyl (C=O) groups is 1. The molecule has 0 saturated carbocycles. The van der Waals surface area contributed by atoms with Crippen molar-refractivity contribution in [1.29, 1.82) is 0 Å². The minimum atomic E-state index is -3.99. The summed E-state index contributed by atoms with van der Waals surface area (Å²) in [5, 5.41) is 2.69. The van der Waals surface area contributed by atoms with Gasteiger partial charge in [-0.3, -0.25) is 13.9 Å². The van der Waals surface area contributed by atoms with E-state index >= 15 is 0 Å². The van der Waals surface area contributed by atoms with Crippen molar-refractivity contribution in [2.45, 2.75) is 43.7 Å². The number of anilines is 1. The molecule has 0 aliphatic carbocycles. The van der Waals surface area contributed by atoms with Gasteiger partial charge in [-0.1, -0.05) is 35.9 Å². The van der Waals surface area contributed by atoms with Crippen LogP contribution in [0.15, 0.2) is 81.3 Å². The van der Waals surface area contributed by atoms with E-state index in [2.05, 4.69) is 5.32 Å². The fourth-order valence-electron chi connectivity index (χ4n) is 3.97. The van der Waals surface area contributed by atoms with Gasteiger partial charge in [0.25, 0.3) is 5.91 Å². The number of ether oxygens (including phenoxy) is 1. The van der Waals surface area contributed by atoms with E-state index in [9.17, 15) is 18.0 Å². The summed E-state index contributed by atoms with van der Waals surface area (Å²) < 4.78 is 35.8. The molecular formula is C26H27N3O5S. The standard InChI is InChI=1S/C26H27N3O5S/c1-4-28-22-15-21(27-25(30)17-34-19-13-11-18(3)12-14-19)24(16-23(22)29(5-2)26(28)31)35(32,33)20-9-7-6-8-10-20/h6-16H,4-5,17H2,1-3H3,(H,27,30). The van der Waals surface area contributed by atoms with E-state index in [0.717, 1.165) is 5.56 Å². The van der Waals surface area contributed by atoms with Crippen molar-refractivity contribution >= 4 is 32.5 Å². The number of sulfone groups is 1. The summed E-state index contributed by atoms with van der Waals surface area (Å²) in [7, 11) is -3.99. The smallest absolute Gasteiger partial charge is 0.329 e. The van der Waals surface area contributed by atoms with E-state index in [1.165, 1.54) is 22.8 Å². The second-order valence-corrected chi connectivity index (χ2v) is 9.99. The van der Waals surface area contributed by atoms with Crippen molar-refractivity contribution in [3.05, 3.63) is 82.8 Å². The van der Waals surface area contributed by atoms with E-state index in [1.807, 2.05) is 32.9 Å². The van der Waals surface area contributed by atoms with Crippen LogP contribution >= 0.6 is 0 Å². The molecule has 0 fully saturated rings. The third-order valence-electron chi connectivity index (χ3n) is 5.76. The van der Waals surface area contributed by atoms with Gasteiger partial charge in [0.2, 0.25) is 9.84 Å². The summed E-state index contributed by atoms with van der Waals surface area (Å²) in [4.78, 5) is 25.7. The van der Waals surface area contributed by atoms with Gasteiger partial charge in [0, 0.05) is 13.1 Å². The molecule has 35 heavy (non-hydrogen) atoms. The Hall–Kier alpha value is -3.85. The molecule has 0 atom stereocenters. The fourth-order valence-corrected chi connectivity index (χ4v) is 5.40. The highest BCUT2D eigenvalue weighted by molar-refractivity contribution is 7.91. The van der Waals surface area contributed by atoms with Crippen LogP contribution in [0.1, 0.15) is 19.4 Å². The molecule has 4 aromatic rings. The van der Waals surface area contributed by atoms with Crippen molar-refractivity contribution in [3.63, 3.8) is 0 Å². The number of carbonyl (C=O) groups excluding carboxylic acids is 1. The van der Waals surface area contributed by atoms with E-state index in [0.29, 0.717) is 29.9 Å². The maximum atomic E-state index is 13.6. The molecule has 182 valence electrons. The van der Waals surface area contributed by atoms with Gasteiger partial charge in [0.1, 0.15) is 5.75 Å². The van der Waals surface area contributed by atoms with Crippen LogP contribution in [0.25, 0.3) is 11.0 Å². The van der Waals surface area contributed by atoms with E-state index in [1.54, 1.807) is 41.0 Å². The highest BCUT2D eigenvalue weighted by Crippen LogP contribution is 2.32. The van der Waals surface area contributed by atoms with Gasteiger partial charge in [0.15, 0.2) is 6.61 Å². The van der Waals surface area contributed by atoms with Crippen LogP contribution in [0.3, 0.4) is 0 Å². The molecule has 3 aromatic carbocycles. The van der Waals surface area contributed by atoms with Gasteiger partial charge in [0.05, 0.1) is 26.5 Å². The normalized spacial score (nSPS) is 11.5. The summed E-state index contributed by atoms with van der Waals surface area (Å²) in [6.07, 6.45) is 0. The Balaban J connectivity index is 1.79. The summed E-state index contributed by atoms with van der Waals surface area (Å²) >= 11 is 0. The van der Waals surface area contributed by atoms with Crippen LogP contribution in [-0.2, 0) is 27.7 Å². The van der Waals surface area contributed by atoms with Gasteiger partial charge in [-0.15, -0.1) is 0 Å². The third-order valence-corrected chi connectivity index (χ3v) is 7.57. The zero-order valence-corrected chi connectivity index (χ0v) is 20.6. The molecule has 8 nitrogen and oxygen atoms in total. The summed E-state index contributed by atoms with van der Waals surface area (Å²) in [6, 6.07) is 18.2. The molecule has 0 aliphatic heterocycles. The van der Waals surface area contributed by atoms with Gasteiger partial charge in [-0.2, -0.15) is 0 Å². The molecular weight excluding hydrogens is 466 g/mol. The number of aromatic nitrogens is 2. The van der Waals surface area contributed by atoms with Crippen LogP contribution in [0.4, 0.5) is 5.69 Å². The summed E-state index contributed by atoms with van der Waals surface area (Å²) in [5.41, 5.74) is 1.95. The second kappa shape index (κ2) is 9.79. The average Bonchev–Trinajstić information content (AvgIpc) is 3.12. The van der Waals surface area contributed by atoms with Crippen LogP contribution in [0.2, 0.25) is 0 Å². The molecule has 0 spiro atoms. The first kappa shape index (κ1) is 24.3. The van der Waals surface area contributed by atoms with Crippen molar-refractivity contribution in [2.75, 3.05) is 11.9 Å². The monoisotopic (exact) mass is 493 g/mol. The minimum Gasteiger partial charge on any atom is -0.484 e. The van der Waals surface area contributed by atoms with Gasteiger partial charge >= 0.3 is 5.69 Å². The molecule has 9 heteroatoms. The van der Waals surface area contributed by atoms with Crippen LogP contribution in [-0.4, -0.2) is 30.1 Å². The van der Waals surface area contributed by atoms with Crippen molar-refractivity contribution in [3.8, 4) is 5.75 Å². The van der Waals surface area contributed by atoms with Gasteiger partial charge < -0.3 is 10.1 Å². The first-order valence-corrected chi connectivity index (χ1v) is 12.8. The Morgan fingerprint density at radius 2 is 1.51 bits per heavy atom. The van der Waals surface area contributed by atoms with E-state index in [4.69, 9.17) is 4.74 Å². The lowest BCUT2D eigenvalue weighted by Gasteiger charge is -2.14. The highest BCUT2D eigenvalue weighted by Gasteiger charge is 2.25.